The summed E-state index contributed by atoms with van der Waals surface area (Å²) in [5, 5.41) is 8.87. The van der Waals surface area contributed by atoms with Crippen molar-refractivity contribution in [2.75, 3.05) is 6.61 Å². The van der Waals surface area contributed by atoms with E-state index in [2.05, 4.69) is 6.58 Å². The summed E-state index contributed by atoms with van der Waals surface area (Å²) in [7, 11) is 0. The van der Waals surface area contributed by atoms with Crippen LogP contribution in [0.3, 0.4) is 0 Å². The molecule has 0 aliphatic carbocycles. The Kier molecular flexibility index (Phi) is 3.09. The monoisotopic (exact) mass is 154 g/mol. The molecule has 1 fully saturated rings. The molecule has 1 aliphatic rings. The van der Waals surface area contributed by atoms with Crippen molar-refractivity contribution in [3.63, 3.8) is 0 Å². The smallest absolute Gasteiger partial charge is 0.0841 e. The van der Waals surface area contributed by atoms with Crippen LogP contribution in [0.5, 0.6) is 0 Å². The van der Waals surface area contributed by atoms with Gasteiger partial charge in [-0.25, -0.2) is 0 Å². The number of aliphatic hydroxyl groups excluding tert-OH is 1. The van der Waals surface area contributed by atoms with Gasteiger partial charge in [0, 0.05) is 0 Å². The molecule has 0 bridgehead atoms. The van der Waals surface area contributed by atoms with Gasteiger partial charge in [-0.15, -0.1) is 6.58 Å². The first-order valence-electron chi connectivity index (χ1n) is 3.90. The molecule has 2 nitrogen and oxygen atoms in total. The Hall–Kier alpha value is -0.340. The Morgan fingerprint density at radius 2 is 2.45 bits per heavy atom. The molecule has 0 unspecified atom stereocenters. The van der Waals surface area contributed by atoms with E-state index in [1.807, 2.05) is 6.08 Å². The molecule has 1 rings (SSSR count). The number of hydrogen-bond acceptors (Lipinski definition) is 2. The topological polar surface area (TPSA) is 29.5 Å². The standard InChI is InChI=1S/C9H14O2/c1-3-4-8-5-7(2)11-9(8)6-10/h2-3,7-10H,1,4-6H2/t7-,8+,9+/m0/s1. The van der Waals surface area contributed by atoms with Crippen molar-refractivity contribution in [1.82, 2.24) is 0 Å². The van der Waals surface area contributed by atoms with Crippen LogP contribution in [0.2, 0.25) is 0 Å². The minimum atomic E-state index is -0.197. The van der Waals surface area contributed by atoms with E-state index in [1.54, 1.807) is 0 Å². The molecule has 1 heterocycles. The van der Waals surface area contributed by atoms with E-state index in [4.69, 9.17) is 16.8 Å². The molecule has 2 radical (unpaired) electrons. The van der Waals surface area contributed by atoms with E-state index in [-0.39, 0.29) is 18.8 Å². The quantitative estimate of drug-likeness (QED) is 0.615. The zero-order chi connectivity index (χ0) is 8.27. The van der Waals surface area contributed by atoms with Gasteiger partial charge in [-0.2, -0.15) is 0 Å². The number of rotatable bonds is 3. The average Bonchev–Trinajstić information content (AvgIpc) is 2.32. The van der Waals surface area contributed by atoms with E-state index in [0.29, 0.717) is 5.92 Å². The van der Waals surface area contributed by atoms with Crippen molar-refractivity contribution in [2.24, 2.45) is 5.92 Å². The molecule has 62 valence electrons. The zero-order valence-corrected chi connectivity index (χ0v) is 6.57. The summed E-state index contributed by atoms with van der Waals surface area (Å²) in [4.78, 5) is 0. The molecule has 1 N–H and O–H groups in total. The highest BCUT2D eigenvalue weighted by Gasteiger charge is 2.31. The highest BCUT2D eigenvalue weighted by Crippen LogP contribution is 2.28. The summed E-state index contributed by atoms with van der Waals surface area (Å²) in [6.07, 6.45) is 3.27. The SMILES string of the molecule is [CH][C@H]1C[C@@H](CC=C)[C@@H](CO)O1. The van der Waals surface area contributed by atoms with Crippen LogP contribution in [0, 0.1) is 12.8 Å². The molecule has 3 atom stereocenters. The second-order valence-corrected chi connectivity index (χ2v) is 2.92. The largest absolute Gasteiger partial charge is 0.394 e. The fraction of sp³-hybridized carbons (Fsp3) is 0.667. The van der Waals surface area contributed by atoms with Gasteiger partial charge in [-0.05, 0) is 25.7 Å². The van der Waals surface area contributed by atoms with Crippen LogP contribution >= 0.6 is 0 Å². The van der Waals surface area contributed by atoms with Crippen molar-refractivity contribution in [3.8, 4) is 0 Å². The summed E-state index contributed by atoms with van der Waals surface area (Å²) < 4.78 is 5.26. The van der Waals surface area contributed by atoms with E-state index in [1.165, 1.54) is 0 Å². The van der Waals surface area contributed by atoms with Crippen LogP contribution in [-0.2, 0) is 4.74 Å². The van der Waals surface area contributed by atoms with Crippen molar-refractivity contribution in [3.05, 3.63) is 19.6 Å². The van der Waals surface area contributed by atoms with Crippen LogP contribution in [0.15, 0.2) is 12.7 Å². The van der Waals surface area contributed by atoms with Gasteiger partial charge in [-0.3, -0.25) is 0 Å². The lowest BCUT2D eigenvalue weighted by molar-refractivity contribution is 0.0157. The molecule has 0 aromatic rings. The lowest BCUT2D eigenvalue weighted by Gasteiger charge is -2.13. The number of allylic oxidation sites excluding steroid dienone is 1. The molecule has 0 spiro atoms. The Morgan fingerprint density at radius 3 is 3.00 bits per heavy atom. The van der Waals surface area contributed by atoms with Crippen molar-refractivity contribution in [2.45, 2.75) is 25.0 Å². The lowest BCUT2D eigenvalue weighted by atomic mass is 9.96. The Balaban J connectivity index is 2.43. The summed E-state index contributed by atoms with van der Waals surface area (Å²) in [6, 6.07) is 0. The second kappa shape index (κ2) is 3.88. The maximum Gasteiger partial charge on any atom is 0.0841 e. The van der Waals surface area contributed by atoms with Gasteiger partial charge in [0.25, 0.3) is 0 Å². The Morgan fingerprint density at radius 1 is 1.73 bits per heavy atom. The third-order valence-corrected chi connectivity index (χ3v) is 2.06. The van der Waals surface area contributed by atoms with Gasteiger partial charge in [0.1, 0.15) is 0 Å². The molecule has 1 aliphatic heterocycles. The first kappa shape index (κ1) is 8.75. The highest BCUT2D eigenvalue weighted by atomic mass is 16.5. The third-order valence-electron chi connectivity index (χ3n) is 2.06. The second-order valence-electron chi connectivity index (χ2n) is 2.92. The lowest BCUT2D eigenvalue weighted by Crippen LogP contribution is -2.20. The van der Waals surface area contributed by atoms with Gasteiger partial charge in [-0.1, -0.05) is 6.08 Å². The molecule has 1 saturated heterocycles. The molecule has 0 saturated carbocycles. The number of aliphatic hydroxyl groups is 1. The fourth-order valence-corrected chi connectivity index (χ4v) is 1.50. The first-order valence-corrected chi connectivity index (χ1v) is 3.90. The average molecular weight is 154 g/mol. The van der Waals surface area contributed by atoms with Crippen molar-refractivity contribution >= 4 is 0 Å². The molecule has 11 heavy (non-hydrogen) atoms. The maximum atomic E-state index is 8.87. The molecule has 0 aromatic heterocycles. The summed E-state index contributed by atoms with van der Waals surface area (Å²) in [6.45, 7) is 9.26. The summed E-state index contributed by atoms with van der Waals surface area (Å²) >= 11 is 0. The van der Waals surface area contributed by atoms with Gasteiger partial charge < -0.3 is 9.84 Å². The molecular weight excluding hydrogens is 140 g/mol. The van der Waals surface area contributed by atoms with Crippen LogP contribution in [0.1, 0.15) is 12.8 Å². The normalized spacial score (nSPS) is 37.5. The number of hydrogen-bond donors (Lipinski definition) is 1. The zero-order valence-electron chi connectivity index (χ0n) is 6.57. The molecular formula is C9H14O2. The van der Waals surface area contributed by atoms with Gasteiger partial charge >= 0.3 is 0 Å². The van der Waals surface area contributed by atoms with Crippen molar-refractivity contribution in [1.29, 1.82) is 0 Å². The van der Waals surface area contributed by atoms with E-state index in [9.17, 15) is 0 Å². The van der Waals surface area contributed by atoms with Crippen LogP contribution < -0.4 is 0 Å². The van der Waals surface area contributed by atoms with Gasteiger partial charge in [0.2, 0.25) is 0 Å². The summed E-state index contributed by atoms with van der Waals surface area (Å²) in [5.41, 5.74) is 0. The van der Waals surface area contributed by atoms with Crippen LogP contribution in [-0.4, -0.2) is 23.9 Å². The first-order chi connectivity index (χ1) is 5.27. The molecule has 2 heteroatoms. The predicted octanol–water partition coefficient (Wildman–Crippen LogP) is 1.04. The third kappa shape index (κ3) is 2.04. The minimum Gasteiger partial charge on any atom is -0.394 e. The summed E-state index contributed by atoms with van der Waals surface area (Å²) in [5.74, 6) is 0.354. The number of ether oxygens (including phenoxy) is 1. The Bertz CT molecular complexity index is 134. The van der Waals surface area contributed by atoms with E-state index in [0.717, 1.165) is 12.8 Å². The van der Waals surface area contributed by atoms with Gasteiger partial charge in [0.05, 0.1) is 18.8 Å². The maximum absolute atomic E-state index is 8.87. The predicted molar refractivity (Wildman–Crippen MR) is 43.0 cm³/mol. The highest BCUT2D eigenvalue weighted by molar-refractivity contribution is 4.87. The van der Waals surface area contributed by atoms with Crippen molar-refractivity contribution < 1.29 is 9.84 Å². The Labute approximate surface area is 67.9 Å². The minimum absolute atomic E-state index is 0.0617. The fourth-order valence-electron chi connectivity index (χ4n) is 1.50. The van der Waals surface area contributed by atoms with Gasteiger partial charge in [0.15, 0.2) is 0 Å². The molecule has 0 amide bonds. The molecule has 0 aromatic carbocycles. The van der Waals surface area contributed by atoms with Crippen LogP contribution in [0.25, 0.3) is 0 Å². The van der Waals surface area contributed by atoms with Crippen LogP contribution in [0.4, 0.5) is 0 Å². The van der Waals surface area contributed by atoms with E-state index >= 15 is 0 Å². The van der Waals surface area contributed by atoms with E-state index < -0.39 is 0 Å².